The molecule has 0 spiro atoms. The fourth-order valence-corrected chi connectivity index (χ4v) is 3.80. The molecule has 10 nitrogen and oxygen atoms in total. The van der Waals surface area contributed by atoms with Crippen molar-refractivity contribution in [2.45, 2.75) is 19.4 Å². The van der Waals surface area contributed by atoms with Crippen molar-refractivity contribution < 1.29 is 14.4 Å². The highest BCUT2D eigenvalue weighted by Crippen LogP contribution is 2.28. The number of nitrogens with zero attached hydrogens (tertiary/aromatic N) is 4. The largest absolute Gasteiger partial charge is 0.810 e. The fraction of sp³-hybridized carbons (Fsp3) is 0.583. The summed E-state index contributed by atoms with van der Waals surface area (Å²) in [5.74, 6) is 0.170. The van der Waals surface area contributed by atoms with E-state index in [4.69, 9.17) is 5.73 Å². The lowest BCUT2D eigenvalue weighted by molar-refractivity contribution is -0.315. The normalized spacial score (nSPS) is 20.2. The van der Waals surface area contributed by atoms with Gasteiger partial charge in [-0.2, -0.15) is 4.98 Å². The molecule has 3 rings (SSSR count). The number of nitrogens with two attached hydrogens (primary N) is 1. The minimum atomic E-state index is -4.55. The molecule has 1 aliphatic rings. The van der Waals surface area contributed by atoms with Gasteiger partial charge in [-0.1, -0.05) is 7.60 Å². The maximum Gasteiger partial charge on any atom is 0.280 e. The van der Waals surface area contributed by atoms with E-state index in [-0.39, 0.29) is 17.4 Å². The number of imidazole rings is 1. The van der Waals surface area contributed by atoms with Crippen LogP contribution < -0.4 is 21.1 Å². The summed E-state index contributed by atoms with van der Waals surface area (Å²) in [6.07, 6.45) is 2.79. The Kier molecular flexibility index (Phi) is 4.24. The van der Waals surface area contributed by atoms with Crippen LogP contribution in [0.3, 0.4) is 0 Å². The highest BCUT2D eigenvalue weighted by molar-refractivity contribution is 7.48. The number of nitrogens with one attached hydrogen (secondary N) is 1. The molecule has 1 atom stereocenters. The van der Waals surface area contributed by atoms with Crippen LogP contribution in [0.4, 0.5) is 5.95 Å². The average Bonchev–Trinajstić information content (AvgIpc) is 2.80. The van der Waals surface area contributed by atoms with Gasteiger partial charge in [-0.25, -0.2) is 4.98 Å². The van der Waals surface area contributed by atoms with E-state index in [1.807, 2.05) is 0 Å². The van der Waals surface area contributed by atoms with Gasteiger partial charge in [-0.05, 0) is 25.3 Å². The van der Waals surface area contributed by atoms with Crippen LogP contribution in [0, 0.1) is 5.92 Å². The van der Waals surface area contributed by atoms with Gasteiger partial charge in [0.2, 0.25) is 5.95 Å². The van der Waals surface area contributed by atoms with E-state index in [0.717, 1.165) is 12.8 Å². The first kappa shape index (κ1) is 16.1. The van der Waals surface area contributed by atoms with Crippen LogP contribution in [0.1, 0.15) is 12.8 Å². The standard InChI is InChI=1S/C12H19N6O4P/c13-12-15-10-9(11(19)16-12)14-6-18(10)5-8-2-1-3-17(4-8)7-23(20,21)22/h6,8H,1-5,7H2,(H2,20,21,22)(H3,13,15,16,19)/p-2. The van der Waals surface area contributed by atoms with Crippen LogP contribution in [-0.2, 0) is 11.1 Å². The molecule has 3 heterocycles. The van der Waals surface area contributed by atoms with E-state index in [1.165, 1.54) is 6.33 Å². The van der Waals surface area contributed by atoms with Crippen LogP contribution in [-0.4, -0.2) is 43.8 Å². The number of nitrogen functional groups attached to an aromatic ring is 1. The summed E-state index contributed by atoms with van der Waals surface area (Å²) in [4.78, 5) is 45.8. The molecule has 0 amide bonds. The zero-order valence-corrected chi connectivity index (χ0v) is 13.2. The summed E-state index contributed by atoms with van der Waals surface area (Å²) >= 11 is 0. The third kappa shape index (κ3) is 3.78. The molecule has 23 heavy (non-hydrogen) atoms. The highest BCUT2D eigenvalue weighted by atomic mass is 31.2. The van der Waals surface area contributed by atoms with Crippen molar-refractivity contribution in [1.29, 1.82) is 0 Å². The fourth-order valence-electron chi connectivity index (χ4n) is 3.06. The molecule has 2 aromatic heterocycles. The van der Waals surface area contributed by atoms with Crippen molar-refractivity contribution in [3.8, 4) is 0 Å². The summed E-state index contributed by atoms with van der Waals surface area (Å²) in [5.41, 5.74) is 5.79. The Morgan fingerprint density at radius 1 is 1.48 bits per heavy atom. The number of hydrogen-bond donors (Lipinski definition) is 2. The van der Waals surface area contributed by atoms with Crippen molar-refractivity contribution in [3.05, 3.63) is 16.7 Å². The second kappa shape index (κ2) is 6.04. The molecule has 0 bridgehead atoms. The Bertz CT molecular complexity index is 811. The molecule has 11 heteroatoms. The number of anilines is 1. The maximum absolute atomic E-state index is 11.8. The van der Waals surface area contributed by atoms with Crippen molar-refractivity contribution >= 4 is 24.7 Å². The Morgan fingerprint density at radius 3 is 3.00 bits per heavy atom. The molecule has 1 saturated heterocycles. The second-order valence-corrected chi connectivity index (χ2v) is 7.36. The van der Waals surface area contributed by atoms with Crippen molar-refractivity contribution in [3.63, 3.8) is 0 Å². The SMILES string of the molecule is Nc1nc2c(ncn2CC2CCCN(CP(=O)([O-])[O-])C2)c(=O)[nH]1. The van der Waals surface area contributed by atoms with Crippen molar-refractivity contribution in [2.24, 2.45) is 5.92 Å². The quantitative estimate of drug-likeness (QED) is 0.623. The van der Waals surface area contributed by atoms with Crippen molar-refractivity contribution in [2.75, 3.05) is 25.1 Å². The van der Waals surface area contributed by atoms with Crippen LogP contribution >= 0.6 is 7.60 Å². The molecule has 1 unspecified atom stereocenters. The summed E-state index contributed by atoms with van der Waals surface area (Å²) in [7, 11) is -4.55. The van der Waals surface area contributed by atoms with E-state index in [2.05, 4.69) is 15.0 Å². The Balaban J connectivity index is 1.77. The minimum Gasteiger partial charge on any atom is -0.810 e. The molecular formula is C12H17N6O4P-2. The summed E-state index contributed by atoms with van der Waals surface area (Å²) < 4.78 is 12.7. The van der Waals surface area contributed by atoms with Gasteiger partial charge in [-0.3, -0.25) is 14.7 Å². The number of hydrogen-bond acceptors (Lipinski definition) is 8. The van der Waals surface area contributed by atoms with Crippen molar-refractivity contribution in [1.82, 2.24) is 24.4 Å². The smallest absolute Gasteiger partial charge is 0.280 e. The van der Waals surface area contributed by atoms with Crippen LogP contribution in [0.25, 0.3) is 11.2 Å². The van der Waals surface area contributed by atoms with E-state index in [1.54, 1.807) is 9.47 Å². The van der Waals surface area contributed by atoms with Gasteiger partial charge < -0.3 is 24.7 Å². The number of piperidine rings is 1. The minimum absolute atomic E-state index is 0.0215. The number of likely N-dealkylation sites (tertiary alicyclic amines) is 1. The summed E-state index contributed by atoms with van der Waals surface area (Å²) in [6.45, 7) is 1.64. The number of H-pyrrole nitrogens is 1. The van der Waals surface area contributed by atoms with Gasteiger partial charge in [-0.15, -0.1) is 0 Å². The molecule has 1 fully saturated rings. The highest BCUT2D eigenvalue weighted by Gasteiger charge is 2.22. The Labute approximate surface area is 131 Å². The molecule has 2 aromatic rings. The molecule has 0 aromatic carbocycles. The summed E-state index contributed by atoms with van der Waals surface area (Å²) in [6, 6.07) is 0. The number of rotatable bonds is 4. The third-order valence-corrected chi connectivity index (χ3v) is 4.67. The monoisotopic (exact) mass is 340 g/mol. The van der Waals surface area contributed by atoms with Gasteiger partial charge >= 0.3 is 0 Å². The van der Waals surface area contributed by atoms with E-state index in [9.17, 15) is 19.1 Å². The van der Waals surface area contributed by atoms with Crippen LogP contribution in [0.15, 0.2) is 11.1 Å². The van der Waals surface area contributed by atoms with Crippen LogP contribution in [0.5, 0.6) is 0 Å². The van der Waals surface area contributed by atoms with E-state index >= 15 is 0 Å². The molecule has 126 valence electrons. The number of aromatic amines is 1. The first-order chi connectivity index (χ1) is 10.8. The topological polar surface area (TPSA) is 156 Å². The average molecular weight is 340 g/mol. The van der Waals surface area contributed by atoms with Crippen LogP contribution in [0.2, 0.25) is 0 Å². The number of aromatic nitrogens is 4. The second-order valence-electron chi connectivity index (χ2n) is 5.86. The molecular weight excluding hydrogens is 323 g/mol. The molecule has 0 saturated carbocycles. The van der Waals surface area contributed by atoms with Gasteiger partial charge in [0.1, 0.15) is 0 Å². The van der Waals surface area contributed by atoms with Gasteiger partial charge in [0.15, 0.2) is 11.2 Å². The number of fused-ring (bicyclic) bond motifs is 1. The lowest BCUT2D eigenvalue weighted by Gasteiger charge is -2.40. The predicted octanol–water partition coefficient (Wildman–Crippen LogP) is -1.71. The van der Waals surface area contributed by atoms with Gasteiger partial charge in [0, 0.05) is 19.4 Å². The Morgan fingerprint density at radius 2 is 2.26 bits per heavy atom. The van der Waals surface area contributed by atoms with E-state index in [0.29, 0.717) is 25.3 Å². The first-order valence-corrected chi connectivity index (χ1v) is 8.99. The lowest BCUT2D eigenvalue weighted by Crippen LogP contribution is -2.40. The van der Waals surface area contributed by atoms with Gasteiger partial charge in [0.05, 0.1) is 6.33 Å². The maximum atomic E-state index is 11.8. The molecule has 0 aliphatic carbocycles. The van der Waals surface area contributed by atoms with E-state index < -0.39 is 19.4 Å². The summed E-state index contributed by atoms with van der Waals surface area (Å²) in [5, 5.41) is 0. The lowest BCUT2D eigenvalue weighted by atomic mass is 9.98. The zero-order valence-electron chi connectivity index (χ0n) is 12.3. The first-order valence-electron chi connectivity index (χ1n) is 7.26. The molecule has 1 aliphatic heterocycles. The predicted molar refractivity (Wildman–Crippen MR) is 79.3 cm³/mol. The third-order valence-electron chi connectivity index (χ3n) is 3.92. The van der Waals surface area contributed by atoms with Gasteiger partial charge in [0.25, 0.3) is 5.56 Å². The zero-order chi connectivity index (χ0) is 16.6. The molecule has 0 radical (unpaired) electrons. The Hall–Kier alpha value is -1.74. The molecule has 3 N–H and O–H groups in total.